The lowest BCUT2D eigenvalue weighted by molar-refractivity contribution is 0.0696. The summed E-state index contributed by atoms with van der Waals surface area (Å²) in [6.07, 6.45) is 3.00. The number of hydrogen-bond acceptors (Lipinski definition) is 3. The van der Waals surface area contributed by atoms with Crippen molar-refractivity contribution < 1.29 is 9.90 Å². The first kappa shape index (κ1) is 25.5. The molecule has 3 aromatic rings. The van der Waals surface area contributed by atoms with Crippen LogP contribution in [0.15, 0.2) is 48.5 Å². The van der Waals surface area contributed by atoms with Gasteiger partial charge in [-0.1, -0.05) is 71.9 Å². The molecule has 0 amide bonds. The number of aromatic carboxylic acids is 1. The second-order valence-corrected chi connectivity index (χ2v) is 12.8. The van der Waals surface area contributed by atoms with Crippen LogP contribution in [-0.2, 0) is 17.3 Å². The van der Waals surface area contributed by atoms with Gasteiger partial charge in [-0.05, 0) is 83.4 Å². The van der Waals surface area contributed by atoms with E-state index in [9.17, 15) is 9.90 Å². The first-order chi connectivity index (χ1) is 16.4. The summed E-state index contributed by atoms with van der Waals surface area (Å²) in [5, 5.41) is 11.2. The molecule has 186 valence electrons. The van der Waals surface area contributed by atoms with Gasteiger partial charge in [0.25, 0.3) is 0 Å². The third kappa shape index (κ3) is 5.04. The van der Waals surface area contributed by atoms with Gasteiger partial charge < -0.3 is 10.0 Å². The van der Waals surface area contributed by atoms with Crippen LogP contribution < -0.4 is 4.90 Å². The van der Waals surface area contributed by atoms with Crippen LogP contribution in [0.5, 0.6) is 0 Å². The van der Waals surface area contributed by atoms with Crippen molar-refractivity contribution in [3.8, 4) is 0 Å². The van der Waals surface area contributed by atoms with E-state index >= 15 is 0 Å². The number of rotatable bonds is 7. The summed E-state index contributed by atoms with van der Waals surface area (Å²) >= 11 is 1.95. The predicted octanol–water partition coefficient (Wildman–Crippen LogP) is 8.49. The maximum atomic E-state index is 12.1. The number of hydrogen-bond donors (Lipinski definition) is 1. The Morgan fingerprint density at radius 3 is 2.29 bits per heavy atom. The predicted molar refractivity (Wildman–Crippen MR) is 149 cm³/mol. The summed E-state index contributed by atoms with van der Waals surface area (Å²) in [7, 11) is 0. The fourth-order valence-electron chi connectivity index (χ4n) is 5.50. The molecule has 0 aliphatic heterocycles. The molecule has 2 aromatic carbocycles. The van der Waals surface area contributed by atoms with Gasteiger partial charge >= 0.3 is 5.97 Å². The van der Waals surface area contributed by atoms with E-state index in [1.807, 2.05) is 35.6 Å². The van der Waals surface area contributed by atoms with Crippen molar-refractivity contribution in [3.05, 3.63) is 81.2 Å². The molecule has 1 heterocycles. The summed E-state index contributed by atoms with van der Waals surface area (Å²) < 4.78 is 0. The third-order valence-corrected chi connectivity index (χ3v) is 9.13. The van der Waals surface area contributed by atoms with Crippen molar-refractivity contribution in [3.63, 3.8) is 0 Å². The van der Waals surface area contributed by atoms with Crippen LogP contribution in [-0.4, -0.2) is 17.6 Å². The van der Waals surface area contributed by atoms with Gasteiger partial charge in [-0.15, -0.1) is 11.3 Å². The first-order valence-corrected chi connectivity index (χ1v) is 13.5. The highest BCUT2D eigenvalue weighted by atomic mass is 32.1. The Labute approximate surface area is 214 Å². The maximum absolute atomic E-state index is 12.1. The number of fused-ring (bicyclic) bond motifs is 1. The van der Waals surface area contributed by atoms with Crippen LogP contribution in [0.25, 0.3) is 0 Å². The molecule has 0 atom stereocenters. The quantitative estimate of drug-likeness (QED) is 0.362. The van der Waals surface area contributed by atoms with Gasteiger partial charge in [-0.25, -0.2) is 4.79 Å². The average Bonchev–Trinajstić information content (AvgIpc) is 3.15. The largest absolute Gasteiger partial charge is 0.478 e. The topological polar surface area (TPSA) is 40.5 Å². The highest BCUT2D eigenvalue weighted by Gasteiger charge is 2.41. The second-order valence-electron chi connectivity index (χ2n) is 11.8. The van der Waals surface area contributed by atoms with Crippen molar-refractivity contribution >= 4 is 28.0 Å². The molecule has 1 aromatic heterocycles. The summed E-state index contributed by atoms with van der Waals surface area (Å²) in [5.41, 5.74) is 6.68. The Bertz CT molecular complexity index is 1220. The van der Waals surface area contributed by atoms with E-state index in [-0.39, 0.29) is 10.8 Å². The molecule has 1 N–H and O–H groups in total. The number of carboxylic acid groups (broad SMARTS) is 1. The molecule has 1 aliphatic carbocycles. The highest BCUT2D eigenvalue weighted by Crippen LogP contribution is 2.54. The Hall–Kier alpha value is -2.59. The van der Waals surface area contributed by atoms with Crippen LogP contribution >= 0.6 is 11.3 Å². The number of carboxylic acids is 1. The molecule has 3 nitrogen and oxygen atoms in total. The van der Waals surface area contributed by atoms with E-state index in [2.05, 4.69) is 71.6 Å². The summed E-state index contributed by atoms with van der Waals surface area (Å²) in [4.78, 5) is 16.0. The zero-order chi connectivity index (χ0) is 25.5. The minimum Gasteiger partial charge on any atom is -0.478 e. The second kappa shape index (κ2) is 9.46. The number of carbonyl (C=O) groups is 1. The molecule has 0 saturated heterocycles. The van der Waals surface area contributed by atoms with E-state index < -0.39 is 5.97 Å². The van der Waals surface area contributed by atoms with Gasteiger partial charge in [-0.2, -0.15) is 0 Å². The first-order valence-electron chi connectivity index (χ1n) is 12.7. The minimum absolute atomic E-state index is 0.165. The lowest BCUT2D eigenvalue weighted by Crippen LogP contribution is -2.32. The van der Waals surface area contributed by atoms with E-state index in [1.165, 1.54) is 33.8 Å². The Morgan fingerprint density at radius 2 is 1.69 bits per heavy atom. The molecular weight excluding hydrogens is 450 g/mol. The van der Waals surface area contributed by atoms with Gasteiger partial charge in [0.05, 0.1) is 10.6 Å². The lowest BCUT2D eigenvalue weighted by atomic mass is 9.66. The number of nitrogens with zero attached hydrogens (tertiary/aromatic N) is 1. The average molecular weight is 490 g/mol. The van der Waals surface area contributed by atoms with Gasteiger partial charge in [0, 0.05) is 17.1 Å². The van der Waals surface area contributed by atoms with Crippen molar-refractivity contribution in [2.24, 2.45) is 5.92 Å². The smallest absolute Gasteiger partial charge is 0.335 e. The SMILES string of the molecule is Cc1c(N(CC(C)C)c2ccc(C(=O)O)c(Cc3ccccc3)c2)sc2c1C(C)(C)CCC2(C)C. The van der Waals surface area contributed by atoms with Crippen LogP contribution in [0.1, 0.15) is 91.9 Å². The summed E-state index contributed by atoms with van der Waals surface area (Å²) in [6.45, 7) is 17.2. The molecule has 0 fully saturated rings. The number of thiophene rings is 1. The molecule has 4 heteroatoms. The fourth-order valence-corrected chi connectivity index (χ4v) is 7.15. The fraction of sp³-hybridized carbons (Fsp3) is 0.452. The van der Waals surface area contributed by atoms with Gasteiger partial charge in [0.1, 0.15) is 0 Å². The molecule has 0 unspecified atom stereocenters. The molecule has 35 heavy (non-hydrogen) atoms. The Kier molecular flexibility index (Phi) is 6.89. The van der Waals surface area contributed by atoms with Crippen LogP contribution in [0.3, 0.4) is 0 Å². The van der Waals surface area contributed by atoms with E-state index in [1.54, 1.807) is 6.07 Å². The number of benzene rings is 2. The lowest BCUT2D eigenvalue weighted by Gasteiger charge is -2.39. The van der Waals surface area contributed by atoms with Gasteiger partial charge in [-0.3, -0.25) is 0 Å². The molecular formula is C31H39NO2S. The zero-order valence-corrected chi connectivity index (χ0v) is 23.1. The van der Waals surface area contributed by atoms with Crippen molar-refractivity contribution in [2.45, 2.75) is 78.6 Å². The van der Waals surface area contributed by atoms with Crippen LogP contribution in [0.2, 0.25) is 0 Å². The molecule has 1 aliphatic rings. The summed E-state index contributed by atoms with van der Waals surface area (Å²) in [6, 6.07) is 16.0. The molecule has 0 saturated carbocycles. The minimum atomic E-state index is -0.871. The van der Waals surface area contributed by atoms with Gasteiger partial charge in [0.2, 0.25) is 0 Å². The van der Waals surface area contributed by atoms with Crippen molar-refractivity contribution in [1.29, 1.82) is 0 Å². The Balaban J connectivity index is 1.86. The van der Waals surface area contributed by atoms with Gasteiger partial charge in [0.15, 0.2) is 0 Å². The third-order valence-electron chi connectivity index (χ3n) is 7.45. The highest BCUT2D eigenvalue weighted by molar-refractivity contribution is 7.16. The van der Waals surface area contributed by atoms with Crippen molar-refractivity contribution in [2.75, 3.05) is 11.4 Å². The summed E-state index contributed by atoms with van der Waals surface area (Å²) in [5.74, 6) is -0.407. The molecule has 0 bridgehead atoms. The standard InChI is InChI=1S/C31H39NO2S/c1-20(2)19-32(28-21(3)26-27(35-28)31(6,7)16-15-30(26,4)5)24-13-14-25(29(33)34)23(18-24)17-22-11-9-8-10-12-22/h8-14,18,20H,15-17,19H2,1-7H3,(H,33,34). The molecule has 0 radical (unpaired) electrons. The monoisotopic (exact) mass is 489 g/mol. The normalized spacial score (nSPS) is 16.2. The maximum Gasteiger partial charge on any atom is 0.335 e. The van der Waals surface area contributed by atoms with E-state index in [0.29, 0.717) is 17.9 Å². The molecule has 4 rings (SSSR count). The number of anilines is 2. The van der Waals surface area contributed by atoms with E-state index in [0.717, 1.165) is 23.4 Å². The Morgan fingerprint density at radius 1 is 1.03 bits per heavy atom. The van der Waals surface area contributed by atoms with Crippen molar-refractivity contribution in [1.82, 2.24) is 0 Å². The molecule has 0 spiro atoms. The van der Waals surface area contributed by atoms with E-state index in [4.69, 9.17) is 0 Å². The van der Waals surface area contributed by atoms with Crippen LogP contribution in [0.4, 0.5) is 10.7 Å². The van der Waals surface area contributed by atoms with Crippen LogP contribution in [0, 0.1) is 12.8 Å². The zero-order valence-electron chi connectivity index (χ0n) is 22.2.